The van der Waals surface area contributed by atoms with Crippen LogP contribution in [0, 0.1) is 5.92 Å². The second-order valence-electron chi connectivity index (χ2n) is 6.51. The first-order valence-electron chi connectivity index (χ1n) is 8.89. The van der Waals surface area contributed by atoms with E-state index in [2.05, 4.69) is 26.2 Å². The Kier molecular flexibility index (Phi) is 4.70. The molecule has 2 heterocycles. The highest BCUT2D eigenvalue weighted by Gasteiger charge is 2.36. The highest BCUT2D eigenvalue weighted by atomic mass is 79.9. The van der Waals surface area contributed by atoms with Crippen molar-refractivity contribution in [1.29, 1.82) is 0 Å². The lowest BCUT2D eigenvalue weighted by Crippen LogP contribution is -2.29. The molecule has 3 aromatic rings. The summed E-state index contributed by atoms with van der Waals surface area (Å²) in [6.07, 6.45) is 0.194. The van der Waals surface area contributed by atoms with E-state index in [-0.39, 0.29) is 18.2 Å². The van der Waals surface area contributed by atoms with E-state index in [0.29, 0.717) is 19.0 Å². The number of anilines is 2. The number of aromatic nitrogens is 2. The van der Waals surface area contributed by atoms with Crippen LogP contribution < -0.4 is 10.2 Å². The lowest BCUT2D eigenvalue weighted by Gasteiger charge is -2.18. The van der Waals surface area contributed by atoms with E-state index in [9.17, 15) is 9.59 Å². The van der Waals surface area contributed by atoms with Gasteiger partial charge >= 0.3 is 0 Å². The van der Waals surface area contributed by atoms with Gasteiger partial charge in [-0.15, -0.1) is 0 Å². The molecule has 1 atom stereocenters. The molecule has 1 aliphatic heterocycles. The van der Waals surface area contributed by atoms with Gasteiger partial charge in [0.1, 0.15) is 0 Å². The number of para-hydroxylation sites is 3. The van der Waals surface area contributed by atoms with Crippen molar-refractivity contribution in [3.8, 4) is 0 Å². The number of nitrogens with zero attached hydrogens (tertiary/aromatic N) is 3. The van der Waals surface area contributed by atoms with E-state index in [1.54, 1.807) is 4.90 Å². The van der Waals surface area contributed by atoms with Gasteiger partial charge in [-0.3, -0.25) is 14.9 Å². The Balaban J connectivity index is 1.55. The molecule has 1 aromatic heterocycles. The first-order valence-corrected chi connectivity index (χ1v) is 9.68. The third kappa shape index (κ3) is 3.23. The predicted octanol–water partition coefficient (Wildman–Crippen LogP) is 3.81. The predicted molar refractivity (Wildman–Crippen MR) is 109 cm³/mol. The maximum Gasteiger partial charge on any atom is 0.232 e. The van der Waals surface area contributed by atoms with Crippen LogP contribution in [0.5, 0.6) is 0 Å². The summed E-state index contributed by atoms with van der Waals surface area (Å²) in [5, 5.41) is 2.92. The Bertz CT molecular complexity index is 1030. The molecule has 0 saturated carbocycles. The number of fused-ring (bicyclic) bond motifs is 1. The number of rotatable bonds is 4. The van der Waals surface area contributed by atoms with Gasteiger partial charge in [-0.25, -0.2) is 4.98 Å². The van der Waals surface area contributed by atoms with Crippen LogP contribution in [0.15, 0.2) is 53.0 Å². The average molecular weight is 427 g/mol. The lowest BCUT2D eigenvalue weighted by molar-refractivity contribution is -0.122. The van der Waals surface area contributed by atoms with Crippen LogP contribution in [-0.4, -0.2) is 27.9 Å². The summed E-state index contributed by atoms with van der Waals surface area (Å²) >= 11 is 3.48. The topological polar surface area (TPSA) is 67.2 Å². The summed E-state index contributed by atoms with van der Waals surface area (Å²) in [6, 6.07) is 15.3. The number of benzene rings is 2. The molecule has 0 bridgehead atoms. The van der Waals surface area contributed by atoms with Crippen LogP contribution in [0.2, 0.25) is 0 Å². The summed E-state index contributed by atoms with van der Waals surface area (Å²) in [6.45, 7) is 3.07. The normalized spacial score (nSPS) is 16.9. The summed E-state index contributed by atoms with van der Waals surface area (Å²) in [7, 11) is 0. The highest BCUT2D eigenvalue weighted by Crippen LogP contribution is 2.31. The Labute approximate surface area is 165 Å². The Morgan fingerprint density at radius 1 is 1.22 bits per heavy atom. The molecule has 0 radical (unpaired) electrons. The van der Waals surface area contributed by atoms with Gasteiger partial charge in [-0.05, 0) is 47.1 Å². The minimum Gasteiger partial charge on any atom is -0.310 e. The standard InChI is InChI=1S/C20H19BrN4O2/c1-2-24-17-10-6-4-8-15(17)22-20(24)23-19(27)13-11-18(26)25(12-13)16-9-5-3-7-14(16)21/h3-10,13H,2,11-12H2,1H3,(H,22,23,27). The fourth-order valence-corrected chi connectivity index (χ4v) is 3.99. The second kappa shape index (κ2) is 7.15. The molecule has 1 unspecified atom stereocenters. The maximum atomic E-state index is 12.8. The molecule has 0 spiro atoms. The monoisotopic (exact) mass is 426 g/mol. The maximum absolute atomic E-state index is 12.8. The zero-order valence-electron chi connectivity index (χ0n) is 14.9. The zero-order valence-corrected chi connectivity index (χ0v) is 16.4. The SMILES string of the molecule is CCn1c(NC(=O)C2CC(=O)N(c3ccccc3Br)C2)nc2ccccc21. The molecule has 4 rings (SSSR count). The molecular formula is C20H19BrN4O2. The number of halogens is 1. The van der Waals surface area contributed by atoms with Crippen LogP contribution in [0.1, 0.15) is 13.3 Å². The van der Waals surface area contributed by atoms with Gasteiger partial charge in [0, 0.05) is 24.0 Å². The molecule has 2 aromatic carbocycles. The average Bonchev–Trinajstić information content (AvgIpc) is 3.22. The smallest absolute Gasteiger partial charge is 0.232 e. The van der Waals surface area contributed by atoms with Gasteiger partial charge in [-0.2, -0.15) is 0 Å². The number of imidazole rings is 1. The van der Waals surface area contributed by atoms with Crippen LogP contribution >= 0.6 is 15.9 Å². The number of hydrogen-bond acceptors (Lipinski definition) is 3. The molecule has 7 heteroatoms. The Morgan fingerprint density at radius 2 is 1.96 bits per heavy atom. The number of carbonyl (C=O) groups excluding carboxylic acids is 2. The van der Waals surface area contributed by atoms with E-state index in [1.165, 1.54) is 0 Å². The fraction of sp³-hybridized carbons (Fsp3) is 0.250. The van der Waals surface area contributed by atoms with E-state index in [0.717, 1.165) is 21.2 Å². The van der Waals surface area contributed by atoms with E-state index >= 15 is 0 Å². The summed E-state index contributed by atoms with van der Waals surface area (Å²) < 4.78 is 2.81. The van der Waals surface area contributed by atoms with E-state index in [4.69, 9.17) is 0 Å². The Morgan fingerprint density at radius 3 is 2.74 bits per heavy atom. The zero-order chi connectivity index (χ0) is 19.0. The first kappa shape index (κ1) is 17.7. The molecule has 6 nitrogen and oxygen atoms in total. The van der Waals surface area contributed by atoms with Gasteiger partial charge in [-0.1, -0.05) is 24.3 Å². The quantitative estimate of drug-likeness (QED) is 0.689. The van der Waals surface area contributed by atoms with Crippen molar-refractivity contribution < 1.29 is 9.59 Å². The number of carbonyl (C=O) groups is 2. The molecule has 0 aliphatic carbocycles. The molecule has 1 N–H and O–H groups in total. The molecular weight excluding hydrogens is 408 g/mol. The van der Waals surface area contributed by atoms with Crippen LogP contribution in [0.4, 0.5) is 11.6 Å². The summed E-state index contributed by atoms with van der Waals surface area (Å²) in [4.78, 5) is 31.5. The number of nitrogens with one attached hydrogen (secondary N) is 1. The van der Waals surface area contributed by atoms with Crippen molar-refractivity contribution in [2.75, 3.05) is 16.8 Å². The van der Waals surface area contributed by atoms with Gasteiger partial charge in [0.25, 0.3) is 0 Å². The lowest BCUT2D eigenvalue weighted by atomic mass is 10.1. The van der Waals surface area contributed by atoms with Crippen LogP contribution in [0.25, 0.3) is 11.0 Å². The molecule has 1 aliphatic rings. The van der Waals surface area contributed by atoms with Crippen molar-refractivity contribution in [3.05, 3.63) is 53.0 Å². The van der Waals surface area contributed by atoms with Gasteiger partial charge in [0.05, 0.1) is 22.6 Å². The van der Waals surface area contributed by atoms with Gasteiger partial charge < -0.3 is 9.47 Å². The highest BCUT2D eigenvalue weighted by molar-refractivity contribution is 9.10. The van der Waals surface area contributed by atoms with Crippen molar-refractivity contribution in [2.24, 2.45) is 5.92 Å². The number of aryl methyl sites for hydroxylation is 1. The molecule has 27 heavy (non-hydrogen) atoms. The molecule has 1 fully saturated rings. The van der Waals surface area contributed by atoms with Crippen molar-refractivity contribution >= 4 is 50.4 Å². The number of amides is 2. The third-order valence-corrected chi connectivity index (χ3v) is 5.52. The molecule has 138 valence electrons. The minimum absolute atomic E-state index is 0.0500. The molecule has 2 amide bonds. The number of hydrogen-bond donors (Lipinski definition) is 1. The van der Waals surface area contributed by atoms with Crippen molar-refractivity contribution in [3.63, 3.8) is 0 Å². The minimum atomic E-state index is -0.408. The second-order valence-corrected chi connectivity index (χ2v) is 7.37. The van der Waals surface area contributed by atoms with Gasteiger partial charge in [0.2, 0.25) is 17.8 Å². The largest absolute Gasteiger partial charge is 0.310 e. The first-order chi connectivity index (χ1) is 13.1. The Hall–Kier alpha value is -2.67. The van der Waals surface area contributed by atoms with E-state index < -0.39 is 5.92 Å². The summed E-state index contributed by atoms with van der Waals surface area (Å²) in [5.74, 6) is -0.112. The van der Waals surface area contributed by atoms with Crippen LogP contribution in [0.3, 0.4) is 0 Å². The summed E-state index contributed by atoms with van der Waals surface area (Å²) in [5.41, 5.74) is 2.61. The molecule has 1 saturated heterocycles. The van der Waals surface area contributed by atoms with Gasteiger partial charge in [0.15, 0.2) is 0 Å². The van der Waals surface area contributed by atoms with Crippen molar-refractivity contribution in [2.45, 2.75) is 19.9 Å². The third-order valence-electron chi connectivity index (χ3n) is 4.84. The fourth-order valence-electron chi connectivity index (χ4n) is 3.49. The van der Waals surface area contributed by atoms with Crippen LogP contribution in [-0.2, 0) is 16.1 Å². The van der Waals surface area contributed by atoms with Crippen molar-refractivity contribution in [1.82, 2.24) is 9.55 Å². The van der Waals surface area contributed by atoms with E-state index in [1.807, 2.05) is 60.0 Å².